The number of hydrogen-bond acceptors (Lipinski definition) is 2. The van der Waals surface area contributed by atoms with E-state index < -0.39 is 5.54 Å². The molecule has 2 aromatic carbocycles. The fraction of sp³-hybridized carbons (Fsp3) is 0.450. The Morgan fingerprint density at radius 3 is 2.70 bits per heavy atom. The van der Waals surface area contributed by atoms with Crippen molar-refractivity contribution in [2.45, 2.75) is 38.6 Å². The molecule has 0 spiro atoms. The van der Waals surface area contributed by atoms with Gasteiger partial charge in [-0.05, 0) is 42.0 Å². The second kappa shape index (κ2) is 6.32. The molecule has 1 heterocycles. The minimum Gasteiger partial charge on any atom is -0.394 e. The van der Waals surface area contributed by atoms with E-state index in [0.717, 1.165) is 42.1 Å². The average molecular weight is 311 g/mol. The summed E-state index contributed by atoms with van der Waals surface area (Å²) in [6, 6.07) is 13.9. The van der Waals surface area contributed by atoms with E-state index in [-0.39, 0.29) is 12.5 Å². The summed E-state index contributed by atoms with van der Waals surface area (Å²) in [5.74, 6) is 0.497. The van der Waals surface area contributed by atoms with Crippen molar-refractivity contribution in [3.63, 3.8) is 0 Å². The highest BCUT2D eigenvalue weighted by Crippen LogP contribution is 2.36. The lowest BCUT2D eigenvalue weighted by Crippen LogP contribution is -2.50. The summed E-state index contributed by atoms with van der Waals surface area (Å²) < 4.78 is 0. The first kappa shape index (κ1) is 16.0. The topological polar surface area (TPSA) is 40.5 Å². The molecule has 1 saturated heterocycles. The maximum absolute atomic E-state index is 13.2. The fourth-order valence-electron chi connectivity index (χ4n) is 4.01. The summed E-state index contributed by atoms with van der Waals surface area (Å²) in [6.45, 7) is 5.07. The lowest BCUT2D eigenvalue weighted by molar-refractivity contribution is 0.0334. The molecule has 3 rings (SSSR count). The molecule has 1 N–H and O–H groups in total. The van der Waals surface area contributed by atoms with Crippen LogP contribution >= 0.6 is 0 Å². The number of hydrogen-bond donors (Lipinski definition) is 1. The third-order valence-corrected chi connectivity index (χ3v) is 4.94. The van der Waals surface area contributed by atoms with Crippen LogP contribution in [0.2, 0.25) is 0 Å². The molecule has 1 fully saturated rings. The van der Waals surface area contributed by atoms with Crippen molar-refractivity contribution >= 4 is 16.7 Å². The predicted molar refractivity (Wildman–Crippen MR) is 93.5 cm³/mol. The zero-order valence-electron chi connectivity index (χ0n) is 14.0. The molecule has 0 unspecified atom stereocenters. The molecule has 0 aliphatic carbocycles. The smallest absolute Gasteiger partial charge is 0.255 e. The van der Waals surface area contributed by atoms with Crippen LogP contribution < -0.4 is 0 Å². The number of carbonyl (C=O) groups excluding carboxylic acids is 1. The van der Waals surface area contributed by atoms with E-state index in [9.17, 15) is 9.90 Å². The summed E-state index contributed by atoms with van der Waals surface area (Å²) in [6.07, 6.45) is 2.70. The molecule has 122 valence electrons. The summed E-state index contributed by atoms with van der Waals surface area (Å²) in [5, 5.41) is 12.1. The van der Waals surface area contributed by atoms with Crippen LogP contribution in [-0.2, 0) is 0 Å². The van der Waals surface area contributed by atoms with Crippen molar-refractivity contribution in [2.24, 2.45) is 5.92 Å². The normalized spacial score (nSPS) is 21.3. The third-order valence-electron chi connectivity index (χ3n) is 4.94. The van der Waals surface area contributed by atoms with Gasteiger partial charge in [-0.15, -0.1) is 0 Å². The summed E-state index contributed by atoms with van der Waals surface area (Å²) in [5.41, 5.74) is 0.342. The van der Waals surface area contributed by atoms with E-state index in [1.807, 2.05) is 47.4 Å². The molecule has 23 heavy (non-hydrogen) atoms. The SMILES string of the molecule is CC(C)C[C@@]1(CO)CCCN1C(=O)c1cccc2ccccc12. The summed E-state index contributed by atoms with van der Waals surface area (Å²) in [4.78, 5) is 15.2. The summed E-state index contributed by atoms with van der Waals surface area (Å²) >= 11 is 0. The first-order valence-electron chi connectivity index (χ1n) is 8.48. The van der Waals surface area contributed by atoms with Crippen LogP contribution in [0.1, 0.15) is 43.5 Å². The van der Waals surface area contributed by atoms with E-state index >= 15 is 0 Å². The molecule has 0 aromatic heterocycles. The Morgan fingerprint density at radius 1 is 1.22 bits per heavy atom. The first-order valence-corrected chi connectivity index (χ1v) is 8.48. The molecular formula is C20H25NO2. The minimum atomic E-state index is -0.401. The Balaban J connectivity index is 2.01. The van der Waals surface area contributed by atoms with Crippen LogP contribution in [0.15, 0.2) is 42.5 Å². The second-order valence-corrected chi connectivity index (χ2v) is 7.07. The van der Waals surface area contributed by atoms with Crippen molar-refractivity contribution < 1.29 is 9.90 Å². The molecule has 1 aliphatic heterocycles. The fourth-order valence-corrected chi connectivity index (χ4v) is 4.01. The van der Waals surface area contributed by atoms with Crippen LogP contribution in [0.5, 0.6) is 0 Å². The standard InChI is InChI=1S/C20H25NO2/c1-15(2)13-20(14-22)11-6-12-21(20)19(23)18-10-5-8-16-7-3-4-9-17(16)18/h3-5,7-10,15,22H,6,11-14H2,1-2H3/t20-/m1/s1. The van der Waals surface area contributed by atoms with Gasteiger partial charge in [0.1, 0.15) is 0 Å². The quantitative estimate of drug-likeness (QED) is 0.931. The Bertz CT molecular complexity index is 704. The lowest BCUT2D eigenvalue weighted by Gasteiger charge is -2.38. The van der Waals surface area contributed by atoms with Crippen molar-refractivity contribution in [3.8, 4) is 0 Å². The monoisotopic (exact) mass is 311 g/mol. The van der Waals surface area contributed by atoms with Gasteiger partial charge in [0.05, 0.1) is 12.1 Å². The molecule has 0 radical (unpaired) electrons. The van der Waals surface area contributed by atoms with E-state index in [1.54, 1.807) is 0 Å². The second-order valence-electron chi connectivity index (χ2n) is 7.07. The zero-order chi connectivity index (χ0) is 16.4. The highest BCUT2D eigenvalue weighted by molar-refractivity contribution is 6.07. The largest absolute Gasteiger partial charge is 0.394 e. The number of benzene rings is 2. The number of rotatable bonds is 4. The highest BCUT2D eigenvalue weighted by Gasteiger charge is 2.43. The van der Waals surface area contributed by atoms with Gasteiger partial charge < -0.3 is 10.0 Å². The molecular weight excluding hydrogens is 286 g/mol. The van der Waals surface area contributed by atoms with Gasteiger partial charge in [0.2, 0.25) is 0 Å². The number of aliphatic hydroxyl groups is 1. The van der Waals surface area contributed by atoms with Crippen LogP contribution in [0.4, 0.5) is 0 Å². The maximum atomic E-state index is 13.2. The van der Waals surface area contributed by atoms with Crippen molar-refractivity contribution in [3.05, 3.63) is 48.0 Å². The molecule has 2 aromatic rings. The molecule has 1 aliphatic rings. The molecule has 0 saturated carbocycles. The zero-order valence-corrected chi connectivity index (χ0v) is 14.0. The van der Waals surface area contributed by atoms with Gasteiger partial charge in [-0.2, -0.15) is 0 Å². The number of amides is 1. The molecule has 3 heteroatoms. The van der Waals surface area contributed by atoms with Crippen molar-refractivity contribution in [2.75, 3.05) is 13.2 Å². The summed E-state index contributed by atoms with van der Waals surface area (Å²) in [7, 11) is 0. The number of fused-ring (bicyclic) bond motifs is 1. The van der Waals surface area contributed by atoms with Gasteiger partial charge in [-0.3, -0.25) is 4.79 Å². The van der Waals surface area contributed by atoms with E-state index in [2.05, 4.69) is 13.8 Å². The van der Waals surface area contributed by atoms with Gasteiger partial charge >= 0.3 is 0 Å². The Labute approximate surface area is 137 Å². The lowest BCUT2D eigenvalue weighted by atomic mass is 9.86. The average Bonchev–Trinajstić information content (AvgIpc) is 2.97. The highest BCUT2D eigenvalue weighted by atomic mass is 16.3. The van der Waals surface area contributed by atoms with Crippen LogP contribution in [0, 0.1) is 5.92 Å². The number of aliphatic hydroxyl groups excluding tert-OH is 1. The van der Waals surface area contributed by atoms with Gasteiger partial charge in [-0.1, -0.05) is 50.2 Å². The van der Waals surface area contributed by atoms with Crippen LogP contribution in [0.25, 0.3) is 10.8 Å². The Hall–Kier alpha value is -1.87. The molecule has 3 nitrogen and oxygen atoms in total. The molecule has 1 amide bonds. The Kier molecular flexibility index (Phi) is 4.40. The van der Waals surface area contributed by atoms with Gasteiger partial charge in [-0.25, -0.2) is 0 Å². The Morgan fingerprint density at radius 2 is 1.96 bits per heavy atom. The minimum absolute atomic E-state index is 0.0433. The van der Waals surface area contributed by atoms with E-state index in [4.69, 9.17) is 0 Å². The van der Waals surface area contributed by atoms with Crippen LogP contribution in [0.3, 0.4) is 0 Å². The number of likely N-dealkylation sites (tertiary alicyclic amines) is 1. The number of nitrogens with zero attached hydrogens (tertiary/aromatic N) is 1. The van der Waals surface area contributed by atoms with Gasteiger partial charge in [0.15, 0.2) is 0 Å². The number of carbonyl (C=O) groups is 1. The third kappa shape index (κ3) is 2.86. The van der Waals surface area contributed by atoms with Gasteiger partial charge in [0, 0.05) is 12.1 Å². The first-order chi connectivity index (χ1) is 11.1. The van der Waals surface area contributed by atoms with Gasteiger partial charge in [0.25, 0.3) is 5.91 Å². The maximum Gasteiger partial charge on any atom is 0.255 e. The van der Waals surface area contributed by atoms with E-state index in [1.165, 1.54) is 0 Å². The van der Waals surface area contributed by atoms with Crippen molar-refractivity contribution in [1.29, 1.82) is 0 Å². The molecule has 1 atom stereocenters. The van der Waals surface area contributed by atoms with Crippen molar-refractivity contribution in [1.82, 2.24) is 4.90 Å². The predicted octanol–water partition coefficient (Wildman–Crippen LogP) is 3.85. The molecule has 0 bridgehead atoms. The van der Waals surface area contributed by atoms with E-state index in [0.29, 0.717) is 5.92 Å². The van der Waals surface area contributed by atoms with Crippen LogP contribution in [-0.4, -0.2) is 34.6 Å².